The Morgan fingerprint density at radius 2 is 2.28 bits per heavy atom. The second kappa shape index (κ2) is 6.96. The van der Waals surface area contributed by atoms with E-state index in [1.807, 2.05) is 6.92 Å². The quantitative estimate of drug-likeness (QED) is 0.776. The number of aliphatic carboxylic acids is 1. The molecule has 0 aliphatic carbocycles. The van der Waals surface area contributed by atoms with Crippen LogP contribution in [0.25, 0.3) is 0 Å². The van der Waals surface area contributed by atoms with Crippen LogP contribution in [0.4, 0.5) is 0 Å². The summed E-state index contributed by atoms with van der Waals surface area (Å²) < 4.78 is 0. The van der Waals surface area contributed by atoms with E-state index < -0.39 is 17.9 Å². The first-order valence-electron chi connectivity index (χ1n) is 5.67. The molecule has 0 aliphatic rings. The van der Waals surface area contributed by atoms with Crippen molar-refractivity contribution in [2.24, 2.45) is 0 Å². The predicted molar refractivity (Wildman–Crippen MR) is 67.7 cm³/mol. The summed E-state index contributed by atoms with van der Waals surface area (Å²) in [5, 5.41) is 11.5. The minimum Gasteiger partial charge on any atom is -0.481 e. The normalized spacial score (nSPS) is 11.9. The van der Waals surface area contributed by atoms with Crippen molar-refractivity contribution in [3.05, 3.63) is 29.0 Å². The summed E-state index contributed by atoms with van der Waals surface area (Å²) in [5.74, 6) is -1.33. The van der Waals surface area contributed by atoms with Gasteiger partial charge in [0.15, 0.2) is 0 Å². The summed E-state index contributed by atoms with van der Waals surface area (Å²) in [6, 6.07) is 2.76. The molecule has 2 N–H and O–H groups in total. The van der Waals surface area contributed by atoms with Crippen molar-refractivity contribution in [3.8, 4) is 0 Å². The van der Waals surface area contributed by atoms with Gasteiger partial charge in [0, 0.05) is 12.2 Å². The summed E-state index contributed by atoms with van der Waals surface area (Å²) in [6.45, 7) is 1.93. The van der Waals surface area contributed by atoms with E-state index in [9.17, 15) is 9.59 Å². The predicted octanol–water partition coefficient (Wildman–Crippen LogP) is 2.11. The van der Waals surface area contributed by atoms with Gasteiger partial charge in [-0.2, -0.15) is 0 Å². The molecule has 0 spiro atoms. The van der Waals surface area contributed by atoms with E-state index in [1.54, 1.807) is 12.1 Å². The van der Waals surface area contributed by atoms with Crippen molar-refractivity contribution < 1.29 is 14.7 Å². The molecule has 1 amide bonds. The maximum Gasteiger partial charge on any atom is 0.305 e. The number of nitrogens with zero attached hydrogens (tertiary/aromatic N) is 1. The molecule has 0 aromatic carbocycles. The van der Waals surface area contributed by atoms with E-state index in [2.05, 4.69) is 10.3 Å². The lowest BCUT2D eigenvalue weighted by molar-refractivity contribution is -0.137. The number of carbonyl (C=O) groups excluding carboxylic acids is 1. The maximum atomic E-state index is 11.9. The van der Waals surface area contributed by atoms with E-state index in [-0.39, 0.29) is 17.1 Å². The van der Waals surface area contributed by atoms with Gasteiger partial charge in [0.1, 0.15) is 5.15 Å². The van der Waals surface area contributed by atoms with Crippen molar-refractivity contribution in [1.29, 1.82) is 0 Å². The van der Waals surface area contributed by atoms with Gasteiger partial charge >= 0.3 is 5.97 Å². The molecule has 0 fully saturated rings. The highest BCUT2D eigenvalue weighted by atomic mass is 35.5. The van der Waals surface area contributed by atoms with E-state index in [0.717, 1.165) is 6.42 Å². The summed E-state index contributed by atoms with van der Waals surface area (Å²) in [7, 11) is 0. The lowest BCUT2D eigenvalue weighted by Crippen LogP contribution is -2.36. The number of hydrogen-bond donors (Lipinski definition) is 2. The van der Waals surface area contributed by atoms with Crippen LogP contribution in [0, 0.1) is 0 Å². The number of nitrogens with one attached hydrogen (secondary N) is 1. The zero-order valence-electron chi connectivity index (χ0n) is 10.0. The molecule has 6 heteroatoms. The number of rotatable bonds is 6. The smallest absolute Gasteiger partial charge is 0.305 e. The molecule has 0 saturated heterocycles. The summed E-state index contributed by atoms with van der Waals surface area (Å²) in [5.41, 5.74) is 0.255. The van der Waals surface area contributed by atoms with Gasteiger partial charge in [-0.05, 0) is 18.6 Å². The van der Waals surface area contributed by atoms with Gasteiger partial charge in [0.25, 0.3) is 5.91 Å². The first kappa shape index (κ1) is 14.4. The fraction of sp³-hybridized carbons (Fsp3) is 0.417. The summed E-state index contributed by atoms with van der Waals surface area (Å²) in [6.07, 6.45) is 2.78. The molecule has 1 aromatic rings. The highest BCUT2D eigenvalue weighted by molar-refractivity contribution is 6.32. The van der Waals surface area contributed by atoms with Crippen molar-refractivity contribution in [3.63, 3.8) is 0 Å². The Balaban J connectivity index is 2.72. The summed E-state index contributed by atoms with van der Waals surface area (Å²) >= 11 is 5.80. The topological polar surface area (TPSA) is 79.3 Å². The zero-order chi connectivity index (χ0) is 13.5. The average molecular weight is 271 g/mol. The SMILES string of the molecule is CCCC(CC(=O)O)NC(=O)c1cccnc1Cl. The van der Waals surface area contributed by atoms with E-state index in [1.165, 1.54) is 6.20 Å². The second-order valence-electron chi connectivity index (χ2n) is 3.90. The van der Waals surface area contributed by atoms with Gasteiger partial charge in [0.2, 0.25) is 0 Å². The van der Waals surface area contributed by atoms with Gasteiger partial charge in [0.05, 0.1) is 12.0 Å². The first-order valence-corrected chi connectivity index (χ1v) is 6.05. The number of hydrogen-bond acceptors (Lipinski definition) is 3. The lowest BCUT2D eigenvalue weighted by Gasteiger charge is -2.16. The molecule has 98 valence electrons. The molecule has 1 heterocycles. The zero-order valence-corrected chi connectivity index (χ0v) is 10.8. The molecule has 0 saturated carbocycles. The van der Waals surface area contributed by atoms with Gasteiger partial charge in [-0.15, -0.1) is 0 Å². The molecular weight excluding hydrogens is 256 g/mol. The third kappa shape index (κ3) is 4.33. The number of carboxylic acid groups (broad SMARTS) is 1. The van der Waals surface area contributed by atoms with E-state index in [4.69, 9.17) is 16.7 Å². The van der Waals surface area contributed by atoms with Crippen molar-refractivity contribution in [1.82, 2.24) is 10.3 Å². The number of halogens is 1. The molecule has 0 bridgehead atoms. The van der Waals surface area contributed by atoms with Gasteiger partial charge in [-0.1, -0.05) is 24.9 Å². The highest BCUT2D eigenvalue weighted by Gasteiger charge is 2.17. The van der Waals surface area contributed by atoms with Crippen LogP contribution in [0.2, 0.25) is 5.15 Å². The number of carbonyl (C=O) groups is 2. The third-order valence-electron chi connectivity index (χ3n) is 2.40. The lowest BCUT2D eigenvalue weighted by atomic mass is 10.1. The van der Waals surface area contributed by atoms with Crippen LogP contribution in [0.1, 0.15) is 36.5 Å². The van der Waals surface area contributed by atoms with Crippen molar-refractivity contribution >= 4 is 23.5 Å². The van der Waals surface area contributed by atoms with Crippen LogP contribution in [0.3, 0.4) is 0 Å². The Labute approximate surface area is 110 Å². The molecule has 1 aromatic heterocycles. The standard InChI is InChI=1S/C12H15ClN2O3/c1-2-4-8(7-10(16)17)15-12(18)9-5-3-6-14-11(9)13/h3,5-6,8H,2,4,7H2,1H3,(H,15,18)(H,16,17). The average Bonchev–Trinajstić information content (AvgIpc) is 2.28. The van der Waals surface area contributed by atoms with Crippen LogP contribution in [-0.2, 0) is 4.79 Å². The molecule has 5 nitrogen and oxygen atoms in total. The molecule has 0 radical (unpaired) electrons. The van der Waals surface area contributed by atoms with Crippen LogP contribution >= 0.6 is 11.6 Å². The van der Waals surface area contributed by atoms with Gasteiger partial charge < -0.3 is 10.4 Å². The Kier molecular flexibility index (Phi) is 5.58. The number of carboxylic acids is 1. The molecular formula is C12H15ClN2O3. The van der Waals surface area contributed by atoms with E-state index in [0.29, 0.717) is 6.42 Å². The Hall–Kier alpha value is -1.62. The van der Waals surface area contributed by atoms with Crippen LogP contribution < -0.4 is 5.32 Å². The fourth-order valence-corrected chi connectivity index (χ4v) is 1.81. The Morgan fingerprint density at radius 3 is 2.83 bits per heavy atom. The van der Waals surface area contributed by atoms with Crippen molar-refractivity contribution in [2.45, 2.75) is 32.2 Å². The Morgan fingerprint density at radius 1 is 1.56 bits per heavy atom. The third-order valence-corrected chi connectivity index (χ3v) is 2.70. The van der Waals surface area contributed by atoms with Gasteiger partial charge in [-0.3, -0.25) is 9.59 Å². The van der Waals surface area contributed by atoms with Crippen LogP contribution in [0.5, 0.6) is 0 Å². The monoisotopic (exact) mass is 270 g/mol. The largest absolute Gasteiger partial charge is 0.481 e. The van der Waals surface area contributed by atoms with E-state index >= 15 is 0 Å². The molecule has 1 rings (SSSR count). The maximum absolute atomic E-state index is 11.9. The highest BCUT2D eigenvalue weighted by Crippen LogP contribution is 2.12. The first-order chi connectivity index (χ1) is 8.54. The number of pyridine rings is 1. The molecule has 0 aliphatic heterocycles. The second-order valence-corrected chi connectivity index (χ2v) is 4.26. The molecule has 1 atom stereocenters. The fourth-order valence-electron chi connectivity index (χ4n) is 1.60. The summed E-state index contributed by atoms with van der Waals surface area (Å²) in [4.78, 5) is 26.4. The van der Waals surface area contributed by atoms with Crippen LogP contribution in [-0.4, -0.2) is 28.0 Å². The molecule has 18 heavy (non-hydrogen) atoms. The minimum absolute atomic E-state index is 0.0997. The number of amides is 1. The molecule has 1 unspecified atom stereocenters. The minimum atomic E-state index is -0.939. The Bertz CT molecular complexity index is 437. The van der Waals surface area contributed by atoms with Crippen LogP contribution in [0.15, 0.2) is 18.3 Å². The number of aromatic nitrogens is 1. The van der Waals surface area contributed by atoms with Crippen molar-refractivity contribution in [2.75, 3.05) is 0 Å². The van der Waals surface area contributed by atoms with Gasteiger partial charge in [-0.25, -0.2) is 4.98 Å².